The summed E-state index contributed by atoms with van der Waals surface area (Å²) in [5.74, 6) is 0.676. The molecule has 0 bridgehead atoms. The van der Waals surface area contributed by atoms with Crippen LogP contribution in [0.4, 0.5) is 0 Å². The van der Waals surface area contributed by atoms with Crippen LogP contribution < -0.4 is 5.73 Å². The highest BCUT2D eigenvalue weighted by atomic mass is 32.1. The maximum Gasteiger partial charge on any atom is 0.225 e. The SMILES string of the molecule is CCc1nc(C)c(-c2nc(CC(N)=O)nn2-c2cccc(C)c2)s1. The minimum Gasteiger partial charge on any atom is -0.369 e. The van der Waals surface area contributed by atoms with Crippen molar-refractivity contribution in [2.75, 3.05) is 0 Å². The topological polar surface area (TPSA) is 86.7 Å². The number of carbonyl (C=O) groups is 1. The lowest BCUT2D eigenvalue weighted by Gasteiger charge is -2.05. The Morgan fingerprint density at radius 1 is 1.29 bits per heavy atom. The second-order valence-electron chi connectivity index (χ2n) is 5.62. The Labute approximate surface area is 144 Å². The smallest absolute Gasteiger partial charge is 0.225 e. The van der Waals surface area contributed by atoms with Gasteiger partial charge in [0.05, 0.1) is 27.7 Å². The van der Waals surface area contributed by atoms with E-state index in [2.05, 4.69) is 22.0 Å². The first kappa shape index (κ1) is 16.3. The molecule has 0 atom stereocenters. The number of hydrogen-bond donors (Lipinski definition) is 1. The number of nitrogens with two attached hydrogens (primary N) is 1. The summed E-state index contributed by atoms with van der Waals surface area (Å²) in [5, 5.41) is 5.55. The van der Waals surface area contributed by atoms with Crippen LogP contribution in [-0.2, 0) is 17.6 Å². The van der Waals surface area contributed by atoms with Gasteiger partial charge in [-0.25, -0.2) is 14.6 Å². The van der Waals surface area contributed by atoms with Gasteiger partial charge in [-0.05, 0) is 38.0 Å². The molecule has 0 aliphatic rings. The molecule has 24 heavy (non-hydrogen) atoms. The zero-order chi connectivity index (χ0) is 17.3. The lowest BCUT2D eigenvalue weighted by atomic mass is 10.2. The second-order valence-corrected chi connectivity index (χ2v) is 6.70. The molecule has 6 nitrogen and oxygen atoms in total. The number of thiazole rings is 1. The molecular formula is C17H19N5OS. The Hall–Kier alpha value is -2.54. The van der Waals surface area contributed by atoms with Crippen molar-refractivity contribution in [3.8, 4) is 16.4 Å². The van der Waals surface area contributed by atoms with Gasteiger partial charge < -0.3 is 5.73 Å². The van der Waals surface area contributed by atoms with Crippen LogP contribution in [0.2, 0.25) is 0 Å². The van der Waals surface area contributed by atoms with Crippen LogP contribution in [0.15, 0.2) is 24.3 Å². The Kier molecular flexibility index (Phi) is 4.44. The van der Waals surface area contributed by atoms with E-state index in [0.29, 0.717) is 11.6 Å². The Morgan fingerprint density at radius 3 is 2.71 bits per heavy atom. The van der Waals surface area contributed by atoms with Crippen molar-refractivity contribution in [1.29, 1.82) is 0 Å². The van der Waals surface area contributed by atoms with Crippen molar-refractivity contribution in [2.45, 2.75) is 33.6 Å². The molecule has 0 aliphatic heterocycles. The quantitative estimate of drug-likeness (QED) is 0.773. The number of hydrogen-bond acceptors (Lipinski definition) is 5. The van der Waals surface area contributed by atoms with Gasteiger partial charge in [-0.15, -0.1) is 11.3 Å². The van der Waals surface area contributed by atoms with Crippen molar-refractivity contribution in [2.24, 2.45) is 5.73 Å². The van der Waals surface area contributed by atoms with Gasteiger partial charge in [-0.1, -0.05) is 19.1 Å². The number of aryl methyl sites for hydroxylation is 3. The molecule has 0 saturated heterocycles. The Bertz CT molecular complexity index is 896. The first-order valence-electron chi connectivity index (χ1n) is 7.76. The van der Waals surface area contributed by atoms with Crippen molar-refractivity contribution in [3.63, 3.8) is 0 Å². The van der Waals surface area contributed by atoms with Crippen LogP contribution in [0.5, 0.6) is 0 Å². The Morgan fingerprint density at radius 2 is 2.08 bits per heavy atom. The fourth-order valence-electron chi connectivity index (χ4n) is 2.48. The van der Waals surface area contributed by atoms with Crippen molar-refractivity contribution in [3.05, 3.63) is 46.4 Å². The average Bonchev–Trinajstić information content (AvgIpc) is 3.10. The monoisotopic (exact) mass is 341 g/mol. The van der Waals surface area contributed by atoms with Gasteiger partial charge in [-0.2, -0.15) is 5.10 Å². The molecule has 2 aromatic heterocycles. The first-order chi connectivity index (χ1) is 11.5. The predicted molar refractivity (Wildman–Crippen MR) is 94.2 cm³/mol. The molecule has 2 N–H and O–H groups in total. The number of carbonyl (C=O) groups excluding carboxylic acids is 1. The highest BCUT2D eigenvalue weighted by Crippen LogP contribution is 2.30. The van der Waals surface area contributed by atoms with E-state index in [0.717, 1.165) is 33.3 Å². The maximum atomic E-state index is 11.3. The van der Waals surface area contributed by atoms with E-state index < -0.39 is 5.91 Å². The predicted octanol–water partition coefficient (Wildman–Crippen LogP) is 2.60. The fourth-order valence-corrected chi connectivity index (χ4v) is 3.46. The Balaban J connectivity index is 2.17. The molecule has 1 aromatic carbocycles. The maximum absolute atomic E-state index is 11.3. The molecule has 0 aliphatic carbocycles. The summed E-state index contributed by atoms with van der Waals surface area (Å²) >= 11 is 1.61. The number of aromatic nitrogens is 4. The highest BCUT2D eigenvalue weighted by molar-refractivity contribution is 7.15. The molecule has 7 heteroatoms. The minimum absolute atomic E-state index is 0.0182. The number of rotatable bonds is 5. The average molecular weight is 341 g/mol. The standard InChI is InChI=1S/C17H19N5OS/c1-4-15-19-11(3)16(24-15)17-20-14(9-13(18)23)21-22(17)12-7-5-6-10(2)8-12/h5-8H,4,9H2,1-3H3,(H2,18,23). The van der Waals surface area contributed by atoms with Gasteiger partial charge >= 0.3 is 0 Å². The van der Waals surface area contributed by atoms with Crippen LogP contribution in [0.1, 0.15) is 29.0 Å². The number of primary amides is 1. The molecule has 1 amide bonds. The normalized spacial score (nSPS) is 11.0. The van der Waals surface area contributed by atoms with Gasteiger partial charge in [0.1, 0.15) is 0 Å². The fraction of sp³-hybridized carbons (Fsp3) is 0.294. The molecule has 0 spiro atoms. The summed E-state index contributed by atoms with van der Waals surface area (Å²) < 4.78 is 1.77. The summed E-state index contributed by atoms with van der Waals surface area (Å²) in [4.78, 5) is 21.4. The number of benzene rings is 1. The summed E-state index contributed by atoms with van der Waals surface area (Å²) in [5.41, 5.74) is 8.25. The first-order valence-corrected chi connectivity index (χ1v) is 8.57. The molecule has 0 saturated carbocycles. The van der Waals surface area contributed by atoms with E-state index in [1.54, 1.807) is 16.0 Å². The van der Waals surface area contributed by atoms with E-state index in [-0.39, 0.29) is 6.42 Å². The highest BCUT2D eigenvalue weighted by Gasteiger charge is 2.19. The van der Waals surface area contributed by atoms with E-state index in [1.165, 1.54) is 0 Å². The molecule has 0 fully saturated rings. The lowest BCUT2D eigenvalue weighted by molar-refractivity contribution is -0.117. The molecule has 0 radical (unpaired) electrons. The number of nitrogens with zero attached hydrogens (tertiary/aromatic N) is 4. The van der Waals surface area contributed by atoms with E-state index in [4.69, 9.17) is 5.73 Å². The van der Waals surface area contributed by atoms with Crippen LogP contribution in [0, 0.1) is 13.8 Å². The summed E-state index contributed by atoms with van der Waals surface area (Å²) in [6.07, 6.45) is 0.891. The third-order valence-electron chi connectivity index (χ3n) is 3.58. The van der Waals surface area contributed by atoms with Gasteiger partial charge in [-0.3, -0.25) is 4.79 Å². The van der Waals surface area contributed by atoms with Crippen molar-refractivity contribution < 1.29 is 4.79 Å². The minimum atomic E-state index is -0.446. The van der Waals surface area contributed by atoms with Gasteiger partial charge in [0.15, 0.2) is 11.6 Å². The van der Waals surface area contributed by atoms with Crippen LogP contribution in [0.25, 0.3) is 16.4 Å². The zero-order valence-corrected chi connectivity index (χ0v) is 14.7. The third kappa shape index (κ3) is 3.21. The van der Waals surface area contributed by atoms with Gasteiger partial charge in [0.2, 0.25) is 5.91 Å². The van der Waals surface area contributed by atoms with Crippen LogP contribution in [-0.4, -0.2) is 25.7 Å². The molecule has 3 aromatic rings. The van der Waals surface area contributed by atoms with Gasteiger partial charge in [0, 0.05) is 0 Å². The van der Waals surface area contributed by atoms with Gasteiger partial charge in [0.25, 0.3) is 0 Å². The second kappa shape index (κ2) is 6.52. The largest absolute Gasteiger partial charge is 0.369 e. The molecule has 2 heterocycles. The molecule has 124 valence electrons. The summed E-state index contributed by atoms with van der Waals surface area (Å²) in [6, 6.07) is 8.00. The van der Waals surface area contributed by atoms with E-state index in [1.807, 2.05) is 38.1 Å². The van der Waals surface area contributed by atoms with E-state index in [9.17, 15) is 4.79 Å². The molecule has 3 rings (SSSR count). The zero-order valence-electron chi connectivity index (χ0n) is 13.9. The van der Waals surface area contributed by atoms with Crippen molar-refractivity contribution >= 4 is 17.2 Å². The van der Waals surface area contributed by atoms with Crippen LogP contribution >= 0.6 is 11.3 Å². The molecular weight excluding hydrogens is 322 g/mol. The van der Waals surface area contributed by atoms with Crippen molar-refractivity contribution in [1.82, 2.24) is 19.7 Å². The molecule has 0 unspecified atom stereocenters. The summed E-state index contributed by atoms with van der Waals surface area (Å²) in [7, 11) is 0. The third-order valence-corrected chi connectivity index (χ3v) is 4.87. The van der Waals surface area contributed by atoms with E-state index >= 15 is 0 Å². The lowest BCUT2D eigenvalue weighted by Crippen LogP contribution is -2.14. The van der Waals surface area contributed by atoms with Crippen LogP contribution in [0.3, 0.4) is 0 Å². The number of amides is 1. The summed E-state index contributed by atoms with van der Waals surface area (Å²) in [6.45, 7) is 6.07.